The summed E-state index contributed by atoms with van der Waals surface area (Å²) < 4.78 is 4.19. The molecular formula is C19H17ClN6S. The Morgan fingerprint density at radius 2 is 1.96 bits per heavy atom. The molecule has 2 aromatic carbocycles. The fourth-order valence-corrected chi connectivity index (χ4v) is 4.22. The molecule has 1 aliphatic carbocycles. The number of halogens is 1. The van der Waals surface area contributed by atoms with Crippen molar-refractivity contribution in [2.45, 2.75) is 36.3 Å². The Morgan fingerprint density at radius 1 is 1.11 bits per heavy atom. The molecule has 0 N–H and O–H groups in total. The zero-order valence-electron chi connectivity index (χ0n) is 14.5. The molecule has 5 rings (SSSR count). The smallest absolute Gasteiger partial charge is 0.210 e. The summed E-state index contributed by atoms with van der Waals surface area (Å²) in [5.41, 5.74) is 3.23. The van der Waals surface area contributed by atoms with E-state index in [9.17, 15) is 0 Å². The van der Waals surface area contributed by atoms with Gasteiger partial charge in [0.25, 0.3) is 0 Å². The van der Waals surface area contributed by atoms with Crippen LogP contribution in [0.1, 0.15) is 30.3 Å². The molecule has 136 valence electrons. The fourth-order valence-electron chi connectivity index (χ4n) is 3.16. The molecule has 2 heterocycles. The van der Waals surface area contributed by atoms with Crippen LogP contribution in [0.5, 0.6) is 0 Å². The van der Waals surface area contributed by atoms with Crippen LogP contribution >= 0.6 is 23.4 Å². The van der Waals surface area contributed by atoms with Crippen LogP contribution in [0.2, 0.25) is 5.02 Å². The first-order chi connectivity index (χ1) is 13.3. The molecule has 8 heteroatoms. The third-order valence-corrected chi connectivity index (χ3v) is 5.82. The van der Waals surface area contributed by atoms with E-state index in [4.69, 9.17) is 16.6 Å². The summed E-state index contributed by atoms with van der Waals surface area (Å²) >= 11 is 7.81. The number of rotatable bonds is 6. The number of tetrazole rings is 1. The molecule has 2 aromatic heterocycles. The van der Waals surface area contributed by atoms with Gasteiger partial charge in [-0.3, -0.25) is 0 Å². The molecule has 0 spiro atoms. The Balaban J connectivity index is 1.48. The molecule has 0 amide bonds. The highest BCUT2D eigenvalue weighted by atomic mass is 35.5. The lowest BCUT2D eigenvalue weighted by Gasteiger charge is -2.09. The van der Waals surface area contributed by atoms with Gasteiger partial charge in [0.05, 0.1) is 22.8 Å². The number of thioether (sulfide) groups is 1. The third-order valence-electron chi connectivity index (χ3n) is 4.66. The van der Waals surface area contributed by atoms with Crippen molar-refractivity contribution in [2.75, 3.05) is 0 Å². The number of nitrogens with zero attached hydrogens (tertiary/aromatic N) is 6. The molecular weight excluding hydrogens is 380 g/mol. The van der Waals surface area contributed by atoms with Crippen LogP contribution in [-0.2, 0) is 12.3 Å². The van der Waals surface area contributed by atoms with Gasteiger partial charge in [0.1, 0.15) is 5.82 Å². The molecule has 6 nitrogen and oxygen atoms in total. The Morgan fingerprint density at radius 3 is 2.78 bits per heavy atom. The third kappa shape index (κ3) is 3.44. The van der Waals surface area contributed by atoms with Crippen LogP contribution in [-0.4, -0.2) is 29.8 Å². The van der Waals surface area contributed by atoms with Crippen molar-refractivity contribution < 1.29 is 0 Å². The number of hydrogen-bond acceptors (Lipinski definition) is 5. The van der Waals surface area contributed by atoms with Crippen molar-refractivity contribution >= 4 is 34.4 Å². The maximum atomic E-state index is 6.18. The lowest BCUT2D eigenvalue weighted by Crippen LogP contribution is -2.05. The molecule has 0 aliphatic heterocycles. The van der Waals surface area contributed by atoms with Crippen LogP contribution in [0, 0.1) is 0 Å². The van der Waals surface area contributed by atoms with E-state index in [1.165, 1.54) is 5.56 Å². The lowest BCUT2D eigenvalue weighted by molar-refractivity contribution is 0.565. The fraction of sp³-hybridized carbons (Fsp3) is 0.263. The van der Waals surface area contributed by atoms with Gasteiger partial charge in [0, 0.05) is 11.6 Å². The molecule has 0 atom stereocenters. The predicted octanol–water partition coefficient (Wildman–Crippen LogP) is 4.35. The van der Waals surface area contributed by atoms with Crippen LogP contribution < -0.4 is 0 Å². The van der Waals surface area contributed by atoms with E-state index in [0.717, 1.165) is 41.4 Å². The molecule has 4 aromatic rings. The first-order valence-corrected chi connectivity index (χ1v) is 10.2. The lowest BCUT2D eigenvalue weighted by atomic mass is 10.2. The largest absolute Gasteiger partial charge is 0.323 e. The zero-order chi connectivity index (χ0) is 18.2. The van der Waals surface area contributed by atoms with Gasteiger partial charge in [0.2, 0.25) is 5.16 Å². The number of benzene rings is 2. The maximum Gasteiger partial charge on any atom is 0.210 e. The van der Waals surface area contributed by atoms with E-state index in [-0.39, 0.29) is 0 Å². The standard InChI is InChI=1S/C19H17ClN6S/c20-14-6-9-17-16(10-14)21-18(25(17)11-13-4-2-1-3-5-13)12-27-19-22-23-24-26(19)15-7-8-15/h1-6,9-10,15H,7-8,11-12H2. The minimum Gasteiger partial charge on any atom is -0.323 e. The van der Waals surface area contributed by atoms with Gasteiger partial charge < -0.3 is 4.57 Å². The SMILES string of the molecule is Clc1ccc2c(c1)nc(CSc1nnnn1C1CC1)n2Cc1ccccc1. The molecule has 0 unspecified atom stereocenters. The maximum absolute atomic E-state index is 6.18. The summed E-state index contributed by atoms with van der Waals surface area (Å²) in [4.78, 5) is 4.84. The second-order valence-electron chi connectivity index (χ2n) is 6.66. The van der Waals surface area contributed by atoms with E-state index in [1.54, 1.807) is 11.8 Å². The first-order valence-electron chi connectivity index (χ1n) is 8.87. The van der Waals surface area contributed by atoms with E-state index in [1.807, 2.05) is 28.9 Å². The minimum absolute atomic E-state index is 0.462. The molecule has 1 saturated carbocycles. The van der Waals surface area contributed by atoms with Crippen molar-refractivity contribution in [1.29, 1.82) is 0 Å². The van der Waals surface area contributed by atoms with Gasteiger partial charge in [-0.2, -0.15) is 0 Å². The van der Waals surface area contributed by atoms with Crippen molar-refractivity contribution in [3.8, 4) is 0 Å². The minimum atomic E-state index is 0.462. The zero-order valence-corrected chi connectivity index (χ0v) is 16.1. The molecule has 0 radical (unpaired) electrons. The predicted molar refractivity (Wildman–Crippen MR) is 106 cm³/mol. The average molecular weight is 397 g/mol. The van der Waals surface area contributed by atoms with E-state index >= 15 is 0 Å². The summed E-state index contributed by atoms with van der Waals surface area (Å²) in [7, 11) is 0. The summed E-state index contributed by atoms with van der Waals surface area (Å²) in [5, 5.41) is 13.7. The Labute approximate surface area is 165 Å². The highest BCUT2D eigenvalue weighted by molar-refractivity contribution is 7.98. The molecule has 0 saturated heterocycles. The Kier molecular flexibility index (Phi) is 4.33. The summed E-state index contributed by atoms with van der Waals surface area (Å²) in [6.45, 7) is 0.766. The Bertz CT molecular complexity index is 1090. The Hall–Kier alpha value is -2.38. The number of fused-ring (bicyclic) bond motifs is 1. The highest BCUT2D eigenvalue weighted by Gasteiger charge is 2.28. The second kappa shape index (κ2) is 6.98. The van der Waals surface area contributed by atoms with Crippen molar-refractivity contribution in [3.63, 3.8) is 0 Å². The van der Waals surface area contributed by atoms with Gasteiger partial charge in [-0.1, -0.05) is 53.7 Å². The molecule has 27 heavy (non-hydrogen) atoms. The number of imidazole rings is 1. The average Bonchev–Trinajstić information content (AvgIpc) is 3.33. The van der Waals surface area contributed by atoms with Crippen molar-refractivity contribution in [2.24, 2.45) is 0 Å². The van der Waals surface area contributed by atoms with Crippen LogP contribution in [0.4, 0.5) is 0 Å². The van der Waals surface area contributed by atoms with Crippen molar-refractivity contribution in [1.82, 2.24) is 29.8 Å². The van der Waals surface area contributed by atoms with Gasteiger partial charge in [-0.15, -0.1) is 5.10 Å². The molecule has 0 bridgehead atoms. The van der Waals surface area contributed by atoms with Crippen molar-refractivity contribution in [3.05, 3.63) is 64.9 Å². The highest BCUT2D eigenvalue weighted by Crippen LogP contribution is 2.37. The van der Waals surface area contributed by atoms with E-state index in [0.29, 0.717) is 16.8 Å². The van der Waals surface area contributed by atoms with E-state index in [2.05, 4.69) is 44.4 Å². The van der Waals surface area contributed by atoms with Gasteiger partial charge in [-0.05, 0) is 47.0 Å². The molecule has 1 fully saturated rings. The topological polar surface area (TPSA) is 61.4 Å². The van der Waals surface area contributed by atoms with Gasteiger partial charge in [-0.25, -0.2) is 9.67 Å². The van der Waals surface area contributed by atoms with Gasteiger partial charge in [0.15, 0.2) is 0 Å². The summed E-state index contributed by atoms with van der Waals surface area (Å²) in [6, 6.07) is 16.7. The molecule has 1 aliphatic rings. The van der Waals surface area contributed by atoms with E-state index < -0.39 is 0 Å². The summed E-state index contributed by atoms with van der Waals surface area (Å²) in [5.74, 6) is 1.69. The van der Waals surface area contributed by atoms with Gasteiger partial charge >= 0.3 is 0 Å². The second-order valence-corrected chi connectivity index (χ2v) is 8.04. The summed E-state index contributed by atoms with van der Waals surface area (Å²) in [6.07, 6.45) is 2.31. The van der Waals surface area contributed by atoms with Crippen LogP contribution in [0.15, 0.2) is 53.7 Å². The first kappa shape index (κ1) is 16.8. The van der Waals surface area contributed by atoms with Crippen LogP contribution in [0.3, 0.4) is 0 Å². The normalized spacial score (nSPS) is 14.1. The quantitative estimate of drug-likeness (QED) is 0.453. The monoisotopic (exact) mass is 396 g/mol. The number of aromatic nitrogens is 6. The van der Waals surface area contributed by atoms with Crippen LogP contribution in [0.25, 0.3) is 11.0 Å². The number of hydrogen-bond donors (Lipinski definition) is 0.